The highest BCUT2D eigenvalue weighted by molar-refractivity contribution is 6.02. The van der Waals surface area contributed by atoms with Gasteiger partial charge in [-0.2, -0.15) is 0 Å². The summed E-state index contributed by atoms with van der Waals surface area (Å²) in [5, 5.41) is 0. The molecule has 1 fully saturated rings. The van der Waals surface area contributed by atoms with Gasteiger partial charge in [-0.1, -0.05) is 13.8 Å². The Labute approximate surface area is 174 Å². The van der Waals surface area contributed by atoms with E-state index in [2.05, 4.69) is 9.88 Å². The van der Waals surface area contributed by atoms with Gasteiger partial charge in [-0.05, 0) is 48.6 Å². The van der Waals surface area contributed by atoms with E-state index in [0.29, 0.717) is 43.7 Å². The minimum Gasteiger partial charge on any atom is -0.370 e. The number of H-pyrrole nitrogens is 1. The summed E-state index contributed by atoms with van der Waals surface area (Å²) < 4.78 is 13.2. The number of halogens is 1. The molecule has 2 aromatic rings. The lowest BCUT2D eigenvalue weighted by Crippen LogP contribution is -2.39. The fourth-order valence-electron chi connectivity index (χ4n) is 4.39. The lowest BCUT2D eigenvalue weighted by molar-refractivity contribution is 0.0765. The van der Waals surface area contributed by atoms with E-state index in [-0.39, 0.29) is 28.5 Å². The molecular formula is C23H26FN3O3. The lowest BCUT2D eigenvalue weighted by atomic mass is 9.75. The number of nitrogens with zero attached hydrogens (tertiary/aromatic N) is 2. The molecule has 1 aromatic carbocycles. The first-order valence-electron chi connectivity index (χ1n) is 10.3. The van der Waals surface area contributed by atoms with E-state index in [1.807, 2.05) is 13.8 Å². The molecule has 2 heterocycles. The summed E-state index contributed by atoms with van der Waals surface area (Å²) in [6.45, 7) is 6.29. The van der Waals surface area contributed by atoms with E-state index < -0.39 is 5.56 Å². The number of aromatic nitrogens is 1. The van der Waals surface area contributed by atoms with Crippen LogP contribution in [0.1, 0.15) is 53.1 Å². The topological polar surface area (TPSA) is 73.5 Å². The number of fused-ring (bicyclic) bond motifs is 1. The first-order valence-corrected chi connectivity index (χ1v) is 10.3. The highest BCUT2D eigenvalue weighted by atomic mass is 19.1. The Morgan fingerprint density at radius 2 is 1.77 bits per heavy atom. The summed E-state index contributed by atoms with van der Waals surface area (Å²) in [5.41, 5.74) is 1.37. The molecule has 158 valence electrons. The maximum Gasteiger partial charge on any atom is 0.261 e. The van der Waals surface area contributed by atoms with Crippen LogP contribution in [0.3, 0.4) is 0 Å². The summed E-state index contributed by atoms with van der Waals surface area (Å²) >= 11 is 0. The Balaban J connectivity index is 1.54. The molecule has 1 saturated heterocycles. The van der Waals surface area contributed by atoms with Crippen LogP contribution in [0, 0.1) is 11.2 Å². The molecule has 0 radical (unpaired) electrons. The fraction of sp³-hybridized carbons (Fsp3) is 0.435. The standard InChI is InChI=1S/C23H26FN3O3/c1-23(2)13-19-17(20(28)14-23)12-18(21(29)25-19)22(30)27-9-3-8-26(10-11-27)16-6-4-15(24)5-7-16/h4-7,12H,3,8-11,13-14H2,1-2H3,(H,25,29). The minimum absolute atomic E-state index is 0.0250. The van der Waals surface area contributed by atoms with E-state index in [0.717, 1.165) is 18.7 Å². The smallest absolute Gasteiger partial charge is 0.261 e. The number of anilines is 1. The molecule has 4 rings (SSSR count). The van der Waals surface area contributed by atoms with Gasteiger partial charge in [0.2, 0.25) is 0 Å². The number of nitrogens with one attached hydrogen (secondary N) is 1. The molecule has 0 atom stereocenters. The molecule has 1 N–H and O–H groups in total. The second-order valence-electron chi connectivity index (χ2n) is 8.95. The van der Waals surface area contributed by atoms with Gasteiger partial charge in [-0.25, -0.2) is 4.39 Å². The molecule has 1 amide bonds. The van der Waals surface area contributed by atoms with Crippen LogP contribution in [-0.4, -0.2) is 47.8 Å². The monoisotopic (exact) mass is 411 g/mol. The molecule has 6 nitrogen and oxygen atoms in total. The molecule has 0 bridgehead atoms. The summed E-state index contributed by atoms with van der Waals surface area (Å²) in [6.07, 6.45) is 1.74. The molecule has 30 heavy (non-hydrogen) atoms. The third-order valence-electron chi connectivity index (χ3n) is 5.92. The predicted octanol–water partition coefficient (Wildman–Crippen LogP) is 3.02. The van der Waals surface area contributed by atoms with Gasteiger partial charge in [0, 0.05) is 49.5 Å². The van der Waals surface area contributed by atoms with Gasteiger partial charge in [-0.15, -0.1) is 0 Å². The summed E-state index contributed by atoms with van der Waals surface area (Å²) in [5.74, 6) is -0.669. The van der Waals surface area contributed by atoms with Crippen LogP contribution in [0.4, 0.5) is 10.1 Å². The minimum atomic E-state index is -0.441. The molecule has 2 aliphatic rings. The zero-order chi connectivity index (χ0) is 21.5. The number of hydrogen-bond donors (Lipinski definition) is 1. The molecule has 0 saturated carbocycles. The molecule has 1 aliphatic carbocycles. The van der Waals surface area contributed by atoms with Crippen molar-refractivity contribution in [2.24, 2.45) is 5.41 Å². The van der Waals surface area contributed by atoms with Crippen LogP contribution in [0.5, 0.6) is 0 Å². The van der Waals surface area contributed by atoms with Crippen molar-refractivity contribution in [2.75, 3.05) is 31.1 Å². The highest BCUT2D eigenvalue weighted by Gasteiger charge is 2.33. The number of pyridine rings is 1. The van der Waals surface area contributed by atoms with Gasteiger partial charge in [0.25, 0.3) is 11.5 Å². The molecule has 0 spiro atoms. The fourth-order valence-corrected chi connectivity index (χ4v) is 4.39. The van der Waals surface area contributed by atoms with Gasteiger partial charge < -0.3 is 14.8 Å². The van der Waals surface area contributed by atoms with E-state index in [1.54, 1.807) is 17.0 Å². The number of Topliss-reactive ketones (excluding diaryl/α,β-unsaturated/α-hetero) is 1. The van der Waals surface area contributed by atoms with Crippen LogP contribution in [0.25, 0.3) is 0 Å². The van der Waals surface area contributed by atoms with E-state index in [1.165, 1.54) is 18.2 Å². The first kappa shape index (κ1) is 20.3. The Kier molecular flexibility index (Phi) is 5.22. The number of aromatic amines is 1. The van der Waals surface area contributed by atoms with Crippen molar-refractivity contribution in [1.82, 2.24) is 9.88 Å². The predicted molar refractivity (Wildman–Crippen MR) is 113 cm³/mol. The maximum absolute atomic E-state index is 13.2. The Bertz CT molecular complexity index is 1040. The molecule has 1 aliphatic heterocycles. The number of benzene rings is 1. The van der Waals surface area contributed by atoms with Crippen molar-refractivity contribution in [2.45, 2.75) is 33.1 Å². The van der Waals surface area contributed by atoms with Gasteiger partial charge in [0.15, 0.2) is 5.78 Å². The van der Waals surface area contributed by atoms with Crippen LogP contribution in [0.2, 0.25) is 0 Å². The van der Waals surface area contributed by atoms with Crippen LogP contribution in [-0.2, 0) is 6.42 Å². The normalized spacial score (nSPS) is 18.7. The van der Waals surface area contributed by atoms with Gasteiger partial charge >= 0.3 is 0 Å². The number of amides is 1. The number of ketones is 1. The Morgan fingerprint density at radius 3 is 2.50 bits per heavy atom. The van der Waals surface area contributed by atoms with Crippen LogP contribution >= 0.6 is 0 Å². The Hall–Kier alpha value is -2.96. The molecular weight excluding hydrogens is 385 g/mol. The summed E-state index contributed by atoms with van der Waals surface area (Å²) in [4.78, 5) is 44.9. The third-order valence-corrected chi connectivity index (χ3v) is 5.92. The quantitative estimate of drug-likeness (QED) is 0.825. The zero-order valence-corrected chi connectivity index (χ0v) is 17.3. The van der Waals surface area contributed by atoms with Gasteiger partial charge in [0.05, 0.1) is 0 Å². The van der Waals surface area contributed by atoms with Crippen molar-refractivity contribution >= 4 is 17.4 Å². The van der Waals surface area contributed by atoms with Crippen molar-refractivity contribution < 1.29 is 14.0 Å². The molecule has 1 aromatic heterocycles. The van der Waals surface area contributed by atoms with E-state index in [4.69, 9.17) is 0 Å². The van der Waals surface area contributed by atoms with Crippen molar-refractivity contribution in [3.05, 3.63) is 63.3 Å². The summed E-state index contributed by atoms with van der Waals surface area (Å²) in [6, 6.07) is 7.79. The zero-order valence-electron chi connectivity index (χ0n) is 17.3. The van der Waals surface area contributed by atoms with Gasteiger partial charge in [-0.3, -0.25) is 14.4 Å². The average molecular weight is 411 g/mol. The second-order valence-corrected chi connectivity index (χ2v) is 8.95. The molecule has 0 unspecified atom stereocenters. The number of rotatable bonds is 2. The average Bonchev–Trinajstić information content (AvgIpc) is 2.93. The largest absolute Gasteiger partial charge is 0.370 e. The first-order chi connectivity index (χ1) is 14.2. The van der Waals surface area contributed by atoms with Crippen LogP contribution < -0.4 is 10.5 Å². The number of carbonyl (C=O) groups is 2. The van der Waals surface area contributed by atoms with Crippen molar-refractivity contribution in [3.63, 3.8) is 0 Å². The van der Waals surface area contributed by atoms with E-state index >= 15 is 0 Å². The third kappa shape index (κ3) is 4.01. The van der Waals surface area contributed by atoms with Crippen LogP contribution in [0.15, 0.2) is 35.1 Å². The molecule has 7 heteroatoms. The second kappa shape index (κ2) is 7.70. The highest BCUT2D eigenvalue weighted by Crippen LogP contribution is 2.33. The summed E-state index contributed by atoms with van der Waals surface area (Å²) in [7, 11) is 0. The van der Waals surface area contributed by atoms with E-state index in [9.17, 15) is 18.8 Å². The Morgan fingerprint density at radius 1 is 1.03 bits per heavy atom. The SMILES string of the molecule is CC1(C)CC(=O)c2cc(C(=O)N3CCCN(c4ccc(F)cc4)CC3)c(=O)[nH]c2C1. The van der Waals surface area contributed by atoms with Crippen molar-refractivity contribution in [3.8, 4) is 0 Å². The maximum atomic E-state index is 13.2. The van der Waals surface area contributed by atoms with Crippen molar-refractivity contribution in [1.29, 1.82) is 0 Å². The number of carbonyl (C=O) groups excluding carboxylic acids is 2. The number of hydrogen-bond acceptors (Lipinski definition) is 4. The van der Waals surface area contributed by atoms with Gasteiger partial charge in [0.1, 0.15) is 11.4 Å². The lowest BCUT2D eigenvalue weighted by Gasteiger charge is -2.30.